The number of rotatable bonds is 3. The smallest absolute Gasteiger partial charge is 0.0173 e. The molecular weight excluding hydrogens is 187 g/mol. The average molecular weight is 206 g/mol. The van der Waals surface area contributed by atoms with E-state index in [0.29, 0.717) is 5.92 Å². The van der Waals surface area contributed by atoms with E-state index in [1.807, 2.05) is 6.08 Å². The molecule has 0 radical (unpaired) electrons. The molecule has 1 heteroatoms. The van der Waals surface area contributed by atoms with Gasteiger partial charge in [-0.05, 0) is 41.5 Å². The van der Waals surface area contributed by atoms with Crippen LogP contribution < -0.4 is 5.30 Å². The van der Waals surface area contributed by atoms with E-state index in [0.717, 1.165) is 8.58 Å². The van der Waals surface area contributed by atoms with Crippen molar-refractivity contribution in [1.82, 2.24) is 0 Å². The molecule has 0 aliphatic carbocycles. The van der Waals surface area contributed by atoms with E-state index in [2.05, 4.69) is 46.1 Å². The summed E-state index contributed by atoms with van der Waals surface area (Å²) in [5.41, 5.74) is 4.14. The summed E-state index contributed by atoms with van der Waals surface area (Å²) in [6, 6.07) is 4.58. The minimum absolute atomic E-state index is 0.599. The lowest BCUT2D eigenvalue weighted by atomic mass is 9.98. The monoisotopic (exact) mass is 206 g/mol. The summed E-state index contributed by atoms with van der Waals surface area (Å²) in [4.78, 5) is 0. The van der Waals surface area contributed by atoms with E-state index in [-0.39, 0.29) is 0 Å². The Balaban J connectivity index is 3.31. The molecule has 1 unspecified atom stereocenters. The molecule has 0 fully saturated rings. The Morgan fingerprint density at radius 2 is 2.00 bits per heavy atom. The van der Waals surface area contributed by atoms with Crippen molar-refractivity contribution < 1.29 is 0 Å². The minimum atomic E-state index is 0.599. The fourth-order valence-corrected chi connectivity index (χ4v) is 2.61. The summed E-state index contributed by atoms with van der Waals surface area (Å²) >= 11 is 0. The van der Waals surface area contributed by atoms with Crippen LogP contribution in [-0.4, -0.2) is 6.66 Å². The van der Waals surface area contributed by atoms with Crippen molar-refractivity contribution >= 4 is 20.0 Å². The Morgan fingerprint density at radius 3 is 2.43 bits per heavy atom. The molecular formula is C13H19P. The molecule has 0 heterocycles. The van der Waals surface area contributed by atoms with E-state index in [1.54, 1.807) is 0 Å². The Labute approximate surface area is 89.2 Å². The lowest BCUT2D eigenvalue weighted by Gasteiger charge is -2.13. The third-order valence-electron chi connectivity index (χ3n) is 2.52. The van der Waals surface area contributed by atoms with E-state index >= 15 is 0 Å². The second kappa shape index (κ2) is 4.75. The van der Waals surface area contributed by atoms with Gasteiger partial charge in [-0.1, -0.05) is 47.2 Å². The number of aryl methyl sites for hydroxylation is 1. The maximum absolute atomic E-state index is 3.89. The highest BCUT2D eigenvalue weighted by molar-refractivity contribution is 7.46. The predicted octanol–water partition coefficient (Wildman–Crippen LogP) is 3.70. The maximum Gasteiger partial charge on any atom is -0.0173 e. The molecule has 0 aliphatic rings. The molecule has 0 bridgehead atoms. The van der Waals surface area contributed by atoms with E-state index < -0.39 is 0 Å². The summed E-state index contributed by atoms with van der Waals surface area (Å²) in [6.45, 7) is 12.8. The average Bonchev–Trinajstić information content (AvgIpc) is 2.16. The van der Waals surface area contributed by atoms with Crippen molar-refractivity contribution in [2.24, 2.45) is 0 Å². The molecule has 0 N–H and O–H groups in total. The first-order valence-corrected chi connectivity index (χ1v) is 6.54. The summed E-state index contributed by atoms with van der Waals surface area (Å²) in [6.07, 6.45) is 1.98. The SMILES string of the molecule is C=Cc1cc(C(C)C)cc(C)c1PC. The fourth-order valence-electron chi connectivity index (χ4n) is 1.68. The van der Waals surface area contributed by atoms with Crippen molar-refractivity contribution in [3.63, 3.8) is 0 Å². The van der Waals surface area contributed by atoms with Crippen LogP contribution >= 0.6 is 8.58 Å². The maximum atomic E-state index is 3.89. The van der Waals surface area contributed by atoms with E-state index in [1.165, 1.54) is 22.0 Å². The highest BCUT2D eigenvalue weighted by atomic mass is 31.1. The summed E-state index contributed by atoms with van der Waals surface area (Å²) in [5.74, 6) is 0.599. The number of benzene rings is 1. The Bertz CT molecular complexity index is 337. The lowest BCUT2D eigenvalue weighted by Crippen LogP contribution is -2.06. The summed E-state index contributed by atoms with van der Waals surface area (Å²) in [7, 11) is 0.853. The van der Waals surface area contributed by atoms with Crippen molar-refractivity contribution in [3.05, 3.63) is 35.4 Å². The fraction of sp³-hybridized carbons (Fsp3) is 0.385. The van der Waals surface area contributed by atoms with Gasteiger partial charge >= 0.3 is 0 Å². The zero-order valence-corrected chi connectivity index (χ0v) is 10.5. The highest BCUT2D eigenvalue weighted by Gasteiger charge is 2.06. The van der Waals surface area contributed by atoms with Crippen LogP contribution in [0.25, 0.3) is 6.08 Å². The Hall–Kier alpha value is -0.610. The molecule has 1 aromatic carbocycles. The zero-order valence-electron chi connectivity index (χ0n) is 9.52. The van der Waals surface area contributed by atoms with Crippen molar-refractivity contribution in [3.8, 4) is 0 Å². The van der Waals surface area contributed by atoms with Crippen LogP contribution in [0, 0.1) is 6.92 Å². The van der Waals surface area contributed by atoms with Gasteiger partial charge < -0.3 is 0 Å². The molecule has 14 heavy (non-hydrogen) atoms. The van der Waals surface area contributed by atoms with Gasteiger partial charge in [-0.3, -0.25) is 0 Å². The Kier molecular flexibility index (Phi) is 3.89. The van der Waals surface area contributed by atoms with E-state index in [9.17, 15) is 0 Å². The summed E-state index contributed by atoms with van der Waals surface area (Å²) in [5, 5.41) is 1.46. The molecule has 0 aliphatic heterocycles. The highest BCUT2D eigenvalue weighted by Crippen LogP contribution is 2.21. The van der Waals surface area contributed by atoms with Crippen molar-refractivity contribution in [1.29, 1.82) is 0 Å². The van der Waals surface area contributed by atoms with Crippen LogP contribution in [0.4, 0.5) is 0 Å². The van der Waals surface area contributed by atoms with Gasteiger partial charge in [-0.25, -0.2) is 0 Å². The Morgan fingerprint density at radius 1 is 1.36 bits per heavy atom. The van der Waals surface area contributed by atoms with Gasteiger partial charge in [0.2, 0.25) is 0 Å². The van der Waals surface area contributed by atoms with Gasteiger partial charge in [0.1, 0.15) is 0 Å². The molecule has 0 nitrogen and oxygen atoms in total. The molecule has 0 amide bonds. The second-order valence-electron chi connectivity index (χ2n) is 3.91. The van der Waals surface area contributed by atoms with Crippen molar-refractivity contribution in [2.45, 2.75) is 26.7 Å². The zero-order chi connectivity index (χ0) is 10.7. The third-order valence-corrected chi connectivity index (χ3v) is 3.71. The standard InChI is InChI=1S/C13H19P/c1-6-11-8-12(9(2)3)7-10(4)13(11)14-5/h6-9,14H,1H2,2-5H3. The van der Waals surface area contributed by atoms with E-state index in [4.69, 9.17) is 0 Å². The number of hydrogen-bond acceptors (Lipinski definition) is 0. The molecule has 0 saturated heterocycles. The molecule has 76 valence electrons. The van der Waals surface area contributed by atoms with Gasteiger partial charge in [0.05, 0.1) is 0 Å². The predicted molar refractivity (Wildman–Crippen MR) is 69.2 cm³/mol. The quantitative estimate of drug-likeness (QED) is 0.661. The second-order valence-corrected chi connectivity index (χ2v) is 4.91. The molecule has 0 aromatic heterocycles. The van der Waals surface area contributed by atoms with Gasteiger partial charge in [0.25, 0.3) is 0 Å². The normalized spacial score (nSPS) is 11.5. The van der Waals surface area contributed by atoms with Crippen LogP contribution in [0.15, 0.2) is 18.7 Å². The van der Waals surface area contributed by atoms with Gasteiger partial charge in [-0.15, -0.1) is 0 Å². The van der Waals surface area contributed by atoms with Crippen LogP contribution in [0.2, 0.25) is 0 Å². The third kappa shape index (κ3) is 2.25. The summed E-state index contributed by atoms with van der Waals surface area (Å²) < 4.78 is 0. The largest absolute Gasteiger partial charge is 0.0984 e. The number of hydrogen-bond donors (Lipinski definition) is 0. The molecule has 1 rings (SSSR count). The van der Waals surface area contributed by atoms with Crippen molar-refractivity contribution in [2.75, 3.05) is 6.66 Å². The molecule has 0 spiro atoms. The topological polar surface area (TPSA) is 0 Å². The van der Waals surface area contributed by atoms with Crippen LogP contribution in [-0.2, 0) is 0 Å². The first-order valence-electron chi connectivity index (χ1n) is 5.04. The van der Waals surface area contributed by atoms with Gasteiger partial charge in [0, 0.05) is 0 Å². The van der Waals surface area contributed by atoms with Gasteiger partial charge in [-0.2, -0.15) is 0 Å². The first-order chi connectivity index (χ1) is 6.60. The van der Waals surface area contributed by atoms with Gasteiger partial charge in [0.15, 0.2) is 0 Å². The first kappa shape index (κ1) is 11.5. The van der Waals surface area contributed by atoms with Crippen LogP contribution in [0.5, 0.6) is 0 Å². The van der Waals surface area contributed by atoms with Crippen LogP contribution in [0.3, 0.4) is 0 Å². The molecule has 1 atom stereocenters. The lowest BCUT2D eigenvalue weighted by molar-refractivity contribution is 0.865. The molecule has 0 saturated carbocycles. The molecule has 1 aromatic rings. The van der Waals surface area contributed by atoms with Crippen LogP contribution in [0.1, 0.15) is 36.5 Å². The minimum Gasteiger partial charge on any atom is -0.0984 e.